The predicted octanol–water partition coefficient (Wildman–Crippen LogP) is 4.69. The standard InChI is InChI=1S/C21H23F3N2O3/c1-20(2)9-7-13(8-10-20)16-15(26-12-4-11-25-26)6-5-14(21(22,23)24)17(16)18(27)19(28)29-3/h4-7,11-12,18,27H,8-10H2,1-3H3. The molecule has 5 nitrogen and oxygen atoms in total. The van der Waals surface area contributed by atoms with Crippen LogP contribution >= 0.6 is 0 Å². The van der Waals surface area contributed by atoms with E-state index in [0.717, 1.165) is 19.6 Å². The minimum absolute atomic E-state index is 0.0259. The van der Waals surface area contributed by atoms with Gasteiger partial charge >= 0.3 is 12.1 Å². The first-order valence-corrected chi connectivity index (χ1v) is 9.24. The Hall–Kier alpha value is -2.61. The third-order valence-electron chi connectivity index (χ3n) is 5.27. The molecule has 1 aromatic carbocycles. The number of allylic oxidation sites excluding steroid dienone is 2. The number of halogens is 3. The van der Waals surface area contributed by atoms with Crippen LogP contribution in [0.1, 0.15) is 55.9 Å². The second-order valence-corrected chi connectivity index (χ2v) is 7.89. The average molecular weight is 408 g/mol. The Morgan fingerprint density at radius 2 is 2.07 bits per heavy atom. The van der Waals surface area contributed by atoms with Crippen LogP contribution in [-0.4, -0.2) is 28.0 Å². The van der Waals surface area contributed by atoms with E-state index in [1.165, 1.54) is 16.9 Å². The summed E-state index contributed by atoms with van der Waals surface area (Å²) in [4.78, 5) is 12.0. The molecule has 29 heavy (non-hydrogen) atoms. The number of esters is 1. The van der Waals surface area contributed by atoms with E-state index in [1.807, 2.05) is 6.08 Å². The summed E-state index contributed by atoms with van der Waals surface area (Å²) in [6, 6.07) is 3.84. The van der Waals surface area contributed by atoms with Crippen LogP contribution < -0.4 is 0 Å². The summed E-state index contributed by atoms with van der Waals surface area (Å²) < 4.78 is 47.4. The number of methoxy groups -OCH3 is 1. The summed E-state index contributed by atoms with van der Waals surface area (Å²) in [7, 11) is 1.03. The Bertz CT molecular complexity index is 931. The number of hydrogen-bond acceptors (Lipinski definition) is 4. The van der Waals surface area contributed by atoms with Crippen LogP contribution in [0.5, 0.6) is 0 Å². The second kappa shape index (κ2) is 7.67. The third-order valence-corrected chi connectivity index (χ3v) is 5.27. The fraction of sp³-hybridized carbons (Fsp3) is 0.429. The smallest absolute Gasteiger partial charge is 0.416 e. The SMILES string of the molecule is COC(=O)C(O)c1c(C(F)(F)F)ccc(-n2cccn2)c1C1=CCC(C)(C)CC1. The molecule has 0 radical (unpaired) electrons. The zero-order valence-electron chi connectivity index (χ0n) is 16.5. The Labute approximate surface area is 166 Å². The number of hydrogen-bond donors (Lipinski definition) is 1. The molecule has 1 unspecified atom stereocenters. The minimum atomic E-state index is -4.75. The Kier molecular flexibility index (Phi) is 5.58. The third kappa shape index (κ3) is 4.22. The highest BCUT2D eigenvalue weighted by Crippen LogP contribution is 2.45. The summed E-state index contributed by atoms with van der Waals surface area (Å²) >= 11 is 0. The second-order valence-electron chi connectivity index (χ2n) is 7.89. The van der Waals surface area contributed by atoms with Crippen LogP contribution in [0.2, 0.25) is 0 Å². The maximum absolute atomic E-state index is 13.8. The number of ether oxygens (including phenoxy) is 1. The van der Waals surface area contributed by atoms with E-state index in [1.54, 1.807) is 12.3 Å². The van der Waals surface area contributed by atoms with Gasteiger partial charge < -0.3 is 9.84 Å². The molecular weight excluding hydrogens is 385 g/mol. The number of carbonyl (C=O) groups is 1. The lowest BCUT2D eigenvalue weighted by Crippen LogP contribution is -2.23. The molecule has 0 spiro atoms. The Balaban J connectivity index is 2.34. The molecule has 1 aromatic heterocycles. The lowest BCUT2D eigenvalue weighted by atomic mass is 9.75. The van der Waals surface area contributed by atoms with Crippen molar-refractivity contribution in [2.75, 3.05) is 7.11 Å². The molecule has 1 N–H and O–H groups in total. The van der Waals surface area contributed by atoms with Crippen molar-refractivity contribution in [3.63, 3.8) is 0 Å². The molecular formula is C21H23F3N2O3. The first-order valence-electron chi connectivity index (χ1n) is 9.24. The molecule has 2 aromatic rings. The van der Waals surface area contributed by atoms with Crippen molar-refractivity contribution < 1.29 is 27.8 Å². The van der Waals surface area contributed by atoms with E-state index in [4.69, 9.17) is 0 Å². The highest BCUT2D eigenvalue weighted by atomic mass is 19.4. The molecule has 1 aliphatic rings. The van der Waals surface area contributed by atoms with Gasteiger partial charge in [-0.1, -0.05) is 19.9 Å². The lowest BCUT2D eigenvalue weighted by Gasteiger charge is -2.31. The van der Waals surface area contributed by atoms with E-state index < -0.39 is 29.4 Å². The quantitative estimate of drug-likeness (QED) is 0.746. The maximum atomic E-state index is 13.8. The van der Waals surface area contributed by atoms with Gasteiger partial charge in [0.05, 0.1) is 18.4 Å². The molecule has 0 bridgehead atoms. The first kappa shape index (κ1) is 21.1. The van der Waals surface area contributed by atoms with Crippen LogP contribution in [0.4, 0.5) is 13.2 Å². The van der Waals surface area contributed by atoms with E-state index >= 15 is 0 Å². The zero-order valence-corrected chi connectivity index (χ0v) is 16.5. The van der Waals surface area contributed by atoms with Crippen LogP contribution in [-0.2, 0) is 15.7 Å². The number of aliphatic hydroxyl groups excluding tert-OH is 1. The fourth-order valence-electron chi connectivity index (χ4n) is 3.61. The van der Waals surface area contributed by atoms with Crippen LogP contribution in [0.3, 0.4) is 0 Å². The van der Waals surface area contributed by atoms with Gasteiger partial charge in [-0.2, -0.15) is 18.3 Å². The summed E-state index contributed by atoms with van der Waals surface area (Å²) in [5, 5.41) is 14.7. The van der Waals surface area contributed by atoms with E-state index in [-0.39, 0.29) is 11.0 Å². The molecule has 0 saturated carbocycles. The average Bonchev–Trinajstić information content (AvgIpc) is 3.19. The normalized spacial score (nSPS) is 17.6. The summed E-state index contributed by atoms with van der Waals surface area (Å²) in [6.07, 6.45) is 0.132. The highest BCUT2D eigenvalue weighted by molar-refractivity contribution is 5.84. The maximum Gasteiger partial charge on any atom is 0.416 e. The molecule has 3 rings (SSSR count). The van der Waals surface area contributed by atoms with Crippen molar-refractivity contribution in [1.82, 2.24) is 9.78 Å². The number of carbonyl (C=O) groups excluding carboxylic acids is 1. The Morgan fingerprint density at radius 1 is 1.34 bits per heavy atom. The molecule has 156 valence electrons. The number of nitrogens with zero attached hydrogens (tertiary/aromatic N) is 2. The van der Waals surface area contributed by atoms with Crippen molar-refractivity contribution >= 4 is 11.5 Å². The zero-order chi connectivity index (χ0) is 21.4. The van der Waals surface area contributed by atoms with Gasteiger partial charge in [0.1, 0.15) is 0 Å². The van der Waals surface area contributed by atoms with Gasteiger partial charge in [-0.05, 0) is 48.4 Å². The van der Waals surface area contributed by atoms with Gasteiger partial charge in [0.15, 0.2) is 6.10 Å². The first-order chi connectivity index (χ1) is 13.5. The molecule has 0 saturated heterocycles. The van der Waals surface area contributed by atoms with Crippen molar-refractivity contribution in [2.24, 2.45) is 5.41 Å². The van der Waals surface area contributed by atoms with Crippen molar-refractivity contribution in [3.8, 4) is 5.69 Å². The topological polar surface area (TPSA) is 64.3 Å². The summed E-state index contributed by atoms with van der Waals surface area (Å²) in [5.41, 5.74) is -0.337. The fourth-order valence-corrected chi connectivity index (χ4v) is 3.61. The number of rotatable bonds is 4. The summed E-state index contributed by atoms with van der Waals surface area (Å²) in [6.45, 7) is 4.18. The highest BCUT2D eigenvalue weighted by Gasteiger charge is 2.40. The Morgan fingerprint density at radius 3 is 2.59 bits per heavy atom. The van der Waals surface area contributed by atoms with E-state index in [0.29, 0.717) is 24.1 Å². The van der Waals surface area contributed by atoms with Crippen LogP contribution in [0.15, 0.2) is 36.7 Å². The van der Waals surface area contributed by atoms with Gasteiger partial charge in [-0.3, -0.25) is 0 Å². The molecule has 0 aliphatic heterocycles. The van der Waals surface area contributed by atoms with Crippen molar-refractivity contribution in [3.05, 3.63) is 53.4 Å². The molecule has 8 heteroatoms. The van der Waals surface area contributed by atoms with Gasteiger partial charge in [-0.15, -0.1) is 0 Å². The monoisotopic (exact) mass is 408 g/mol. The molecule has 1 heterocycles. The van der Waals surface area contributed by atoms with Crippen molar-refractivity contribution in [2.45, 2.75) is 45.4 Å². The van der Waals surface area contributed by atoms with Gasteiger partial charge in [-0.25, -0.2) is 9.48 Å². The molecule has 0 fully saturated rings. The molecule has 0 amide bonds. The minimum Gasteiger partial charge on any atom is -0.467 e. The van der Waals surface area contributed by atoms with E-state index in [9.17, 15) is 23.1 Å². The number of alkyl halides is 3. The van der Waals surface area contributed by atoms with Gasteiger partial charge in [0.2, 0.25) is 0 Å². The number of aromatic nitrogens is 2. The van der Waals surface area contributed by atoms with Gasteiger partial charge in [0.25, 0.3) is 0 Å². The molecule has 1 atom stereocenters. The van der Waals surface area contributed by atoms with Gasteiger partial charge in [0, 0.05) is 23.5 Å². The van der Waals surface area contributed by atoms with Crippen molar-refractivity contribution in [1.29, 1.82) is 0 Å². The lowest BCUT2D eigenvalue weighted by molar-refractivity contribution is -0.152. The largest absolute Gasteiger partial charge is 0.467 e. The molecule has 1 aliphatic carbocycles. The predicted molar refractivity (Wildman–Crippen MR) is 101 cm³/mol. The van der Waals surface area contributed by atoms with Crippen LogP contribution in [0.25, 0.3) is 11.3 Å². The van der Waals surface area contributed by atoms with Crippen LogP contribution in [0, 0.1) is 5.41 Å². The number of aliphatic hydroxyl groups is 1. The number of benzene rings is 1. The van der Waals surface area contributed by atoms with E-state index in [2.05, 4.69) is 23.7 Å². The summed E-state index contributed by atoms with van der Waals surface area (Å²) in [5.74, 6) is -1.15.